The van der Waals surface area contributed by atoms with Crippen molar-refractivity contribution >= 4 is 35.6 Å². The molecule has 5 N–H and O–H groups in total. The molecule has 2 unspecified atom stereocenters. The molecule has 0 fully saturated rings. The number of aromatic nitrogens is 2. The van der Waals surface area contributed by atoms with Gasteiger partial charge in [-0.25, -0.2) is 14.6 Å². The number of benzene rings is 3. The summed E-state index contributed by atoms with van der Waals surface area (Å²) in [7, 11) is 0. The second-order valence-electron chi connectivity index (χ2n) is 11.7. The number of nitrogens with one attached hydrogen (secondary N) is 4. The molecule has 0 saturated carbocycles. The third kappa shape index (κ3) is 9.69. The molecule has 246 valence electrons. The molecule has 0 aliphatic carbocycles. The Bertz CT molecular complexity index is 1520. The Kier molecular flexibility index (Phi) is 11.8. The molecule has 11 nitrogen and oxygen atoms in total. The fraction of sp³-hybridized carbons (Fsp3) is 0.286. The van der Waals surface area contributed by atoms with E-state index in [4.69, 9.17) is 4.74 Å². The molecule has 0 saturated heterocycles. The van der Waals surface area contributed by atoms with Gasteiger partial charge in [0.1, 0.15) is 17.7 Å². The smallest absolute Gasteiger partial charge is 0.408 e. The molecule has 0 spiro atoms. The summed E-state index contributed by atoms with van der Waals surface area (Å²) in [4.78, 5) is 57.8. The second kappa shape index (κ2) is 15.9. The normalized spacial score (nSPS) is 12.7. The minimum atomic E-state index is -1.24. The summed E-state index contributed by atoms with van der Waals surface area (Å²) in [5.41, 5.74) is 2.61. The van der Waals surface area contributed by atoms with Gasteiger partial charge in [0.05, 0.1) is 17.6 Å². The molecular weight excluding hydrogens is 618 g/mol. The maximum absolute atomic E-state index is 13.6. The monoisotopic (exact) mass is 657 g/mol. The van der Waals surface area contributed by atoms with Gasteiger partial charge >= 0.3 is 12.1 Å². The Morgan fingerprint density at radius 2 is 1.36 bits per heavy atom. The van der Waals surface area contributed by atoms with Crippen LogP contribution < -0.4 is 16.0 Å². The van der Waals surface area contributed by atoms with Gasteiger partial charge in [0.15, 0.2) is 0 Å². The molecule has 0 aliphatic rings. The minimum absolute atomic E-state index is 0.0188. The number of thioether (sulfide) groups is 1. The maximum Gasteiger partial charge on any atom is 0.408 e. The van der Waals surface area contributed by atoms with Gasteiger partial charge in [0.25, 0.3) is 0 Å². The number of H-pyrrole nitrogens is 1. The van der Waals surface area contributed by atoms with Crippen molar-refractivity contribution in [3.8, 4) is 0 Å². The van der Waals surface area contributed by atoms with Gasteiger partial charge in [0, 0.05) is 24.1 Å². The van der Waals surface area contributed by atoms with Crippen LogP contribution in [0, 0.1) is 0 Å². The highest BCUT2D eigenvalue weighted by Crippen LogP contribution is 2.48. The first-order valence-electron chi connectivity index (χ1n) is 15.0. The molecule has 4 aromatic rings. The molecule has 0 aliphatic heterocycles. The quantitative estimate of drug-likeness (QED) is 0.126. The Morgan fingerprint density at radius 1 is 0.830 bits per heavy atom. The number of imidazole rings is 1. The second-order valence-corrected chi connectivity index (χ2v) is 13.0. The number of carboxylic acids is 1. The van der Waals surface area contributed by atoms with Crippen molar-refractivity contribution in [2.24, 2.45) is 0 Å². The predicted octanol–water partition coefficient (Wildman–Crippen LogP) is 4.26. The fourth-order valence-electron chi connectivity index (χ4n) is 4.96. The van der Waals surface area contributed by atoms with Gasteiger partial charge in [-0.3, -0.25) is 9.59 Å². The van der Waals surface area contributed by atoms with E-state index in [0.717, 1.165) is 16.7 Å². The Morgan fingerprint density at radius 3 is 1.81 bits per heavy atom. The summed E-state index contributed by atoms with van der Waals surface area (Å²) in [6.45, 7) is 4.64. The van der Waals surface area contributed by atoms with Crippen molar-refractivity contribution in [1.82, 2.24) is 25.9 Å². The van der Waals surface area contributed by atoms with Crippen LogP contribution in [0.4, 0.5) is 4.79 Å². The molecule has 1 heterocycles. The fourth-order valence-corrected chi connectivity index (χ4v) is 6.52. The van der Waals surface area contributed by atoms with E-state index in [1.54, 1.807) is 20.8 Å². The number of alkyl carbamates (subject to hydrolysis) is 1. The van der Waals surface area contributed by atoms with E-state index in [-0.39, 0.29) is 12.2 Å². The third-order valence-electron chi connectivity index (χ3n) is 7.05. The highest BCUT2D eigenvalue weighted by Gasteiger charge is 2.39. The molecule has 1 aromatic heterocycles. The average molecular weight is 658 g/mol. The zero-order valence-corrected chi connectivity index (χ0v) is 27.3. The maximum atomic E-state index is 13.6. The molecule has 47 heavy (non-hydrogen) atoms. The Hall–Kier alpha value is -5.10. The van der Waals surface area contributed by atoms with Crippen molar-refractivity contribution in [3.05, 3.63) is 126 Å². The first-order valence-corrected chi connectivity index (χ1v) is 16.0. The van der Waals surface area contributed by atoms with E-state index in [2.05, 4.69) is 25.9 Å². The van der Waals surface area contributed by atoms with E-state index in [1.165, 1.54) is 24.3 Å². The van der Waals surface area contributed by atoms with E-state index in [1.807, 2.05) is 91.0 Å². The van der Waals surface area contributed by atoms with Crippen molar-refractivity contribution in [3.63, 3.8) is 0 Å². The third-order valence-corrected chi connectivity index (χ3v) is 8.69. The van der Waals surface area contributed by atoms with Crippen molar-refractivity contribution in [2.45, 2.75) is 49.6 Å². The zero-order chi connectivity index (χ0) is 33.9. The van der Waals surface area contributed by atoms with Gasteiger partial charge in [-0.1, -0.05) is 91.0 Å². The number of amides is 3. The Balaban J connectivity index is 1.59. The van der Waals surface area contributed by atoms with Crippen LogP contribution in [-0.4, -0.2) is 68.9 Å². The summed E-state index contributed by atoms with van der Waals surface area (Å²) >= 11 is 1.46. The Labute approximate surface area is 277 Å². The van der Waals surface area contributed by atoms with Gasteiger partial charge in [0.2, 0.25) is 11.8 Å². The lowest BCUT2D eigenvalue weighted by molar-refractivity contribution is -0.141. The van der Waals surface area contributed by atoms with Crippen molar-refractivity contribution in [1.29, 1.82) is 0 Å². The molecule has 4 rings (SSSR count). The first kappa shape index (κ1) is 34.8. The van der Waals surface area contributed by atoms with Crippen molar-refractivity contribution < 1.29 is 29.0 Å². The van der Waals surface area contributed by atoms with Crippen LogP contribution in [-0.2, 0) is 30.3 Å². The number of rotatable bonds is 14. The lowest BCUT2D eigenvalue weighted by atomic mass is 9.84. The molecule has 0 bridgehead atoms. The van der Waals surface area contributed by atoms with Crippen LogP contribution in [0.3, 0.4) is 0 Å². The predicted molar refractivity (Wildman–Crippen MR) is 180 cm³/mol. The lowest BCUT2D eigenvalue weighted by Crippen LogP contribution is -2.53. The van der Waals surface area contributed by atoms with Crippen LogP contribution in [0.2, 0.25) is 0 Å². The molecular formula is C35H39N5O6S. The van der Waals surface area contributed by atoms with Crippen LogP contribution in [0.15, 0.2) is 104 Å². The number of carbonyl (C=O) groups is 4. The number of carboxylic acid groups (broad SMARTS) is 1. The molecule has 2 atom stereocenters. The van der Waals surface area contributed by atoms with E-state index >= 15 is 0 Å². The summed E-state index contributed by atoms with van der Waals surface area (Å²) < 4.78 is 4.69. The van der Waals surface area contributed by atoms with Crippen molar-refractivity contribution in [2.75, 3.05) is 12.3 Å². The topological polar surface area (TPSA) is 163 Å². The zero-order valence-electron chi connectivity index (χ0n) is 26.4. The SMILES string of the molecule is CC(C)(C)OC(=O)NC(CSC(c1ccccc1)(c1ccccc1)c1ccccc1)C(=O)NCC(=O)NC(Cc1cnc[nH]1)C(=O)O. The van der Waals surface area contributed by atoms with Gasteiger partial charge in [-0.15, -0.1) is 11.8 Å². The molecule has 3 amide bonds. The number of nitrogens with zero attached hydrogens (tertiary/aromatic N) is 1. The number of hydrogen-bond donors (Lipinski definition) is 5. The first-order chi connectivity index (χ1) is 22.5. The minimum Gasteiger partial charge on any atom is -0.480 e. The highest BCUT2D eigenvalue weighted by molar-refractivity contribution is 8.00. The van der Waals surface area contributed by atoms with E-state index in [9.17, 15) is 24.3 Å². The molecule has 12 heteroatoms. The van der Waals surface area contributed by atoms with E-state index < -0.39 is 52.9 Å². The molecule has 3 aromatic carbocycles. The number of aliphatic carboxylic acids is 1. The number of aromatic amines is 1. The number of carbonyl (C=O) groups excluding carboxylic acids is 3. The summed E-state index contributed by atoms with van der Waals surface area (Å²) in [5.74, 6) is -2.49. The average Bonchev–Trinajstić information content (AvgIpc) is 3.57. The summed E-state index contributed by atoms with van der Waals surface area (Å²) in [6.07, 6.45) is 2.07. The summed E-state index contributed by atoms with van der Waals surface area (Å²) in [6, 6.07) is 27.3. The standard InChI is InChI=1S/C35H39N5O6S/c1-34(2,3)46-33(45)40-29(31(42)37-21-30(41)39-28(32(43)44)19-27-20-36-23-38-27)22-47-35(24-13-7-4-8-14-24,25-15-9-5-10-16-25)26-17-11-6-12-18-26/h4-18,20,23,28-29H,19,21-22H2,1-3H3,(H,36,38)(H,37,42)(H,39,41)(H,40,45)(H,43,44). The molecule has 0 radical (unpaired) electrons. The van der Waals surface area contributed by atoms with Crippen LogP contribution in [0.1, 0.15) is 43.2 Å². The number of ether oxygens (including phenoxy) is 1. The number of hydrogen-bond acceptors (Lipinski definition) is 7. The van der Waals surface area contributed by atoms with E-state index in [0.29, 0.717) is 5.69 Å². The summed E-state index contributed by atoms with van der Waals surface area (Å²) in [5, 5.41) is 17.3. The van der Waals surface area contributed by atoms with Crippen LogP contribution in [0.25, 0.3) is 0 Å². The van der Waals surface area contributed by atoms with Gasteiger partial charge in [-0.2, -0.15) is 0 Å². The van der Waals surface area contributed by atoms with Gasteiger partial charge < -0.3 is 30.8 Å². The lowest BCUT2D eigenvalue weighted by Gasteiger charge is -2.36. The highest BCUT2D eigenvalue weighted by atomic mass is 32.2. The van der Waals surface area contributed by atoms with Crippen LogP contribution >= 0.6 is 11.8 Å². The van der Waals surface area contributed by atoms with Gasteiger partial charge in [-0.05, 0) is 37.5 Å². The van der Waals surface area contributed by atoms with Crippen LogP contribution in [0.5, 0.6) is 0 Å². The largest absolute Gasteiger partial charge is 0.480 e.